The van der Waals surface area contributed by atoms with Gasteiger partial charge in [-0.1, -0.05) is 18.2 Å². The quantitative estimate of drug-likeness (QED) is 0.481. The Morgan fingerprint density at radius 1 is 1.64 bits per heavy atom. The van der Waals surface area contributed by atoms with Gasteiger partial charge in [-0.25, -0.2) is 0 Å². The van der Waals surface area contributed by atoms with Gasteiger partial charge in [0.2, 0.25) is 0 Å². The lowest BCUT2D eigenvalue weighted by molar-refractivity contribution is 0.121. The second kappa shape index (κ2) is 2.49. The predicted molar refractivity (Wildman–Crippen MR) is 45.4 cm³/mol. The van der Waals surface area contributed by atoms with Crippen molar-refractivity contribution in [3.8, 4) is 0 Å². The fraction of sp³-hybridized carbons (Fsp3) is 0.600. The van der Waals surface area contributed by atoms with Crippen LogP contribution >= 0.6 is 0 Å². The van der Waals surface area contributed by atoms with Crippen LogP contribution in [0.5, 0.6) is 0 Å². The first-order valence-corrected chi connectivity index (χ1v) is 4.24. The van der Waals surface area contributed by atoms with Crippen molar-refractivity contribution in [1.29, 1.82) is 0 Å². The van der Waals surface area contributed by atoms with E-state index in [4.69, 9.17) is 4.74 Å². The molecular formula is C10H14O. The van der Waals surface area contributed by atoms with Gasteiger partial charge in [-0.05, 0) is 25.3 Å². The smallest absolute Gasteiger partial charge is 0.0828 e. The summed E-state index contributed by atoms with van der Waals surface area (Å²) in [6.07, 6.45) is 5.08. The fourth-order valence-corrected chi connectivity index (χ4v) is 1.94. The van der Waals surface area contributed by atoms with Crippen LogP contribution in [0.25, 0.3) is 0 Å². The Bertz CT molecular complexity index is 215. The van der Waals surface area contributed by atoms with Crippen molar-refractivity contribution in [1.82, 2.24) is 0 Å². The molecule has 0 spiro atoms. The average Bonchev–Trinajstić information content (AvgIpc) is 2.32. The zero-order chi connectivity index (χ0) is 7.84. The Morgan fingerprint density at radius 3 is 3.27 bits per heavy atom. The molecule has 0 aromatic heterocycles. The largest absolute Gasteiger partial charge is 0.369 e. The third-order valence-corrected chi connectivity index (χ3v) is 2.68. The Kier molecular flexibility index (Phi) is 1.61. The van der Waals surface area contributed by atoms with Crippen LogP contribution < -0.4 is 0 Å². The minimum atomic E-state index is 0.358. The normalized spacial score (nSPS) is 36.8. The zero-order valence-electron chi connectivity index (χ0n) is 6.97. The molecule has 0 unspecified atom stereocenters. The SMILES string of the molecule is C=C1CO[C@@H]2C=C(C)CC[C@H]12. The number of allylic oxidation sites excluding steroid dienone is 1. The summed E-state index contributed by atoms with van der Waals surface area (Å²) in [6.45, 7) is 6.97. The molecule has 0 radical (unpaired) electrons. The Hall–Kier alpha value is -0.560. The van der Waals surface area contributed by atoms with Crippen LogP contribution in [0.15, 0.2) is 23.8 Å². The van der Waals surface area contributed by atoms with Crippen LogP contribution in [0, 0.1) is 5.92 Å². The van der Waals surface area contributed by atoms with Crippen molar-refractivity contribution in [3.63, 3.8) is 0 Å². The molecule has 0 N–H and O–H groups in total. The van der Waals surface area contributed by atoms with Crippen molar-refractivity contribution in [3.05, 3.63) is 23.8 Å². The van der Waals surface area contributed by atoms with E-state index in [1.54, 1.807) is 0 Å². The lowest BCUT2D eigenvalue weighted by Crippen LogP contribution is -2.18. The summed E-state index contributed by atoms with van der Waals surface area (Å²) in [7, 11) is 0. The first kappa shape index (κ1) is 7.11. The minimum absolute atomic E-state index is 0.358. The Morgan fingerprint density at radius 2 is 2.45 bits per heavy atom. The number of fused-ring (bicyclic) bond motifs is 1. The van der Waals surface area contributed by atoms with E-state index in [0.29, 0.717) is 12.0 Å². The average molecular weight is 150 g/mol. The lowest BCUT2D eigenvalue weighted by atomic mass is 9.85. The summed E-state index contributed by atoms with van der Waals surface area (Å²) in [5.41, 5.74) is 2.76. The number of hydrogen-bond donors (Lipinski definition) is 0. The van der Waals surface area contributed by atoms with Gasteiger partial charge in [0.05, 0.1) is 12.7 Å². The standard InChI is InChI=1S/C10H14O/c1-7-3-4-9-8(2)6-11-10(9)5-7/h5,9-10H,2-4,6H2,1H3/t9-,10-/m1/s1. The summed E-state index contributed by atoms with van der Waals surface area (Å²) in [4.78, 5) is 0. The topological polar surface area (TPSA) is 9.23 Å². The molecule has 2 atom stereocenters. The minimum Gasteiger partial charge on any atom is -0.369 e. The van der Waals surface area contributed by atoms with E-state index in [2.05, 4.69) is 19.6 Å². The maximum absolute atomic E-state index is 5.56. The molecule has 0 aromatic carbocycles. The molecule has 2 rings (SSSR count). The van der Waals surface area contributed by atoms with Gasteiger partial charge in [0.15, 0.2) is 0 Å². The third kappa shape index (κ3) is 1.14. The highest BCUT2D eigenvalue weighted by atomic mass is 16.5. The van der Waals surface area contributed by atoms with Crippen LogP contribution in [0.2, 0.25) is 0 Å². The maximum atomic E-state index is 5.56. The molecule has 2 aliphatic rings. The summed E-state index contributed by atoms with van der Waals surface area (Å²) in [6, 6.07) is 0. The molecule has 1 saturated heterocycles. The van der Waals surface area contributed by atoms with Crippen molar-refractivity contribution in [2.24, 2.45) is 5.92 Å². The molecule has 1 nitrogen and oxygen atoms in total. The van der Waals surface area contributed by atoms with E-state index >= 15 is 0 Å². The van der Waals surface area contributed by atoms with E-state index in [9.17, 15) is 0 Å². The molecular weight excluding hydrogens is 136 g/mol. The van der Waals surface area contributed by atoms with Crippen molar-refractivity contribution < 1.29 is 4.74 Å². The second-order valence-electron chi connectivity index (χ2n) is 3.59. The summed E-state index contributed by atoms with van der Waals surface area (Å²) in [5, 5.41) is 0. The Labute approximate surface area is 67.7 Å². The van der Waals surface area contributed by atoms with Gasteiger partial charge in [-0.2, -0.15) is 0 Å². The lowest BCUT2D eigenvalue weighted by Gasteiger charge is -2.21. The molecule has 60 valence electrons. The van der Waals surface area contributed by atoms with Crippen LogP contribution in [0.1, 0.15) is 19.8 Å². The van der Waals surface area contributed by atoms with Crippen LogP contribution in [0.4, 0.5) is 0 Å². The summed E-state index contributed by atoms with van der Waals surface area (Å²) in [5.74, 6) is 0.624. The molecule has 1 fully saturated rings. The molecule has 1 aliphatic heterocycles. The highest BCUT2D eigenvalue weighted by Gasteiger charge is 2.31. The number of rotatable bonds is 0. The van der Waals surface area contributed by atoms with E-state index in [0.717, 1.165) is 6.61 Å². The van der Waals surface area contributed by atoms with Gasteiger partial charge >= 0.3 is 0 Å². The molecule has 11 heavy (non-hydrogen) atoms. The van der Waals surface area contributed by atoms with Gasteiger partial charge < -0.3 is 4.74 Å². The van der Waals surface area contributed by atoms with Crippen molar-refractivity contribution in [2.75, 3.05) is 6.61 Å². The molecule has 1 aliphatic carbocycles. The fourth-order valence-electron chi connectivity index (χ4n) is 1.94. The second-order valence-corrected chi connectivity index (χ2v) is 3.59. The van der Waals surface area contributed by atoms with Gasteiger partial charge in [0, 0.05) is 5.92 Å². The van der Waals surface area contributed by atoms with E-state index in [1.807, 2.05) is 0 Å². The molecule has 1 heteroatoms. The van der Waals surface area contributed by atoms with Crippen LogP contribution in [0.3, 0.4) is 0 Å². The summed E-state index contributed by atoms with van der Waals surface area (Å²) >= 11 is 0. The van der Waals surface area contributed by atoms with Crippen molar-refractivity contribution >= 4 is 0 Å². The van der Waals surface area contributed by atoms with Gasteiger partial charge in [0.25, 0.3) is 0 Å². The van der Waals surface area contributed by atoms with Crippen LogP contribution in [-0.4, -0.2) is 12.7 Å². The van der Waals surface area contributed by atoms with E-state index in [1.165, 1.54) is 24.0 Å². The van der Waals surface area contributed by atoms with Gasteiger partial charge in [-0.15, -0.1) is 0 Å². The monoisotopic (exact) mass is 150 g/mol. The highest BCUT2D eigenvalue weighted by Crippen LogP contribution is 2.35. The predicted octanol–water partition coefficient (Wildman–Crippen LogP) is 2.30. The van der Waals surface area contributed by atoms with Gasteiger partial charge in [-0.3, -0.25) is 0 Å². The van der Waals surface area contributed by atoms with Crippen molar-refractivity contribution in [2.45, 2.75) is 25.9 Å². The highest BCUT2D eigenvalue weighted by molar-refractivity contribution is 5.20. The van der Waals surface area contributed by atoms with Gasteiger partial charge in [0.1, 0.15) is 0 Å². The number of ether oxygens (including phenoxy) is 1. The molecule has 1 heterocycles. The Balaban J connectivity index is 2.20. The third-order valence-electron chi connectivity index (χ3n) is 2.68. The van der Waals surface area contributed by atoms with E-state index < -0.39 is 0 Å². The molecule has 0 bridgehead atoms. The number of hydrogen-bond acceptors (Lipinski definition) is 1. The zero-order valence-corrected chi connectivity index (χ0v) is 6.97. The summed E-state index contributed by atoms with van der Waals surface area (Å²) < 4.78 is 5.56. The molecule has 0 saturated carbocycles. The molecule has 0 aromatic rings. The van der Waals surface area contributed by atoms with E-state index in [-0.39, 0.29) is 0 Å². The first-order chi connectivity index (χ1) is 5.27. The van der Waals surface area contributed by atoms with Crippen LogP contribution in [-0.2, 0) is 4.74 Å². The molecule has 0 amide bonds. The first-order valence-electron chi connectivity index (χ1n) is 4.24. The maximum Gasteiger partial charge on any atom is 0.0828 e.